The zero-order valence-corrected chi connectivity index (χ0v) is 8.69. The van der Waals surface area contributed by atoms with Crippen LogP contribution in [0.1, 0.15) is 12.8 Å². The van der Waals surface area contributed by atoms with Crippen LogP contribution in [0, 0.1) is 5.92 Å². The highest BCUT2D eigenvalue weighted by Gasteiger charge is 2.19. The van der Waals surface area contributed by atoms with Crippen LogP contribution in [0.15, 0.2) is 12.3 Å². The van der Waals surface area contributed by atoms with Crippen LogP contribution < -0.4 is 10.6 Å². The van der Waals surface area contributed by atoms with Crippen LogP contribution in [0.3, 0.4) is 0 Å². The number of hydrogen-bond donors (Lipinski definition) is 1. The summed E-state index contributed by atoms with van der Waals surface area (Å²) in [6.07, 6.45) is 4.49. The molecule has 1 unspecified atom stereocenters. The lowest BCUT2D eigenvalue weighted by atomic mass is 9.98. The smallest absolute Gasteiger partial charge is 0.150 e. The van der Waals surface area contributed by atoms with Gasteiger partial charge in [-0.1, -0.05) is 0 Å². The van der Waals surface area contributed by atoms with Gasteiger partial charge in [0.1, 0.15) is 0 Å². The third-order valence-electron chi connectivity index (χ3n) is 2.88. The van der Waals surface area contributed by atoms with Crippen molar-refractivity contribution in [1.82, 2.24) is 9.78 Å². The molecule has 1 fully saturated rings. The lowest BCUT2D eigenvalue weighted by Crippen LogP contribution is -2.38. The number of hydrogen-bond acceptors (Lipinski definition) is 3. The van der Waals surface area contributed by atoms with Crippen molar-refractivity contribution in [2.24, 2.45) is 18.7 Å². The molecule has 0 saturated carbocycles. The van der Waals surface area contributed by atoms with Crippen LogP contribution in [-0.4, -0.2) is 29.4 Å². The molecular formula is C10H18N4. The second-order valence-electron chi connectivity index (χ2n) is 4.04. The molecule has 0 bridgehead atoms. The molecule has 14 heavy (non-hydrogen) atoms. The van der Waals surface area contributed by atoms with Gasteiger partial charge in [-0.2, -0.15) is 5.10 Å². The summed E-state index contributed by atoms with van der Waals surface area (Å²) in [5.41, 5.74) is 5.70. The second-order valence-corrected chi connectivity index (χ2v) is 4.04. The van der Waals surface area contributed by atoms with Gasteiger partial charge in [-0.05, 0) is 25.3 Å². The average Bonchev–Trinajstić information content (AvgIpc) is 2.65. The normalized spacial score (nSPS) is 22.7. The summed E-state index contributed by atoms with van der Waals surface area (Å²) in [6.45, 7) is 2.98. The summed E-state index contributed by atoms with van der Waals surface area (Å²) in [4.78, 5) is 2.33. The number of aromatic nitrogens is 2. The molecule has 1 aromatic rings. The standard InChI is InChI=1S/C10H18N4/c1-13-6-4-10(12-13)14-5-2-3-9(7-11)8-14/h4,6,9H,2-3,5,7-8,11H2,1H3. The van der Waals surface area contributed by atoms with Gasteiger partial charge >= 0.3 is 0 Å². The van der Waals surface area contributed by atoms with Gasteiger partial charge in [0.25, 0.3) is 0 Å². The van der Waals surface area contributed by atoms with Crippen molar-refractivity contribution in [3.8, 4) is 0 Å². The summed E-state index contributed by atoms with van der Waals surface area (Å²) < 4.78 is 1.85. The molecule has 1 saturated heterocycles. The van der Waals surface area contributed by atoms with Gasteiger partial charge in [0.05, 0.1) is 0 Å². The summed E-state index contributed by atoms with van der Waals surface area (Å²) in [5, 5.41) is 4.40. The average molecular weight is 194 g/mol. The Morgan fingerprint density at radius 1 is 1.64 bits per heavy atom. The fourth-order valence-corrected chi connectivity index (χ4v) is 2.04. The van der Waals surface area contributed by atoms with E-state index in [1.807, 2.05) is 17.9 Å². The lowest BCUT2D eigenvalue weighted by Gasteiger charge is -2.32. The Kier molecular flexibility index (Phi) is 2.72. The Morgan fingerprint density at radius 3 is 3.14 bits per heavy atom. The molecule has 1 aromatic heterocycles. The van der Waals surface area contributed by atoms with E-state index >= 15 is 0 Å². The highest BCUT2D eigenvalue weighted by Crippen LogP contribution is 2.20. The molecule has 4 heteroatoms. The van der Waals surface area contributed by atoms with Crippen molar-refractivity contribution < 1.29 is 0 Å². The first kappa shape index (κ1) is 9.52. The molecule has 4 nitrogen and oxygen atoms in total. The highest BCUT2D eigenvalue weighted by atomic mass is 15.3. The van der Waals surface area contributed by atoms with E-state index in [9.17, 15) is 0 Å². The molecule has 1 aliphatic heterocycles. The van der Waals surface area contributed by atoms with Crippen LogP contribution in [-0.2, 0) is 7.05 Å². The molecule has 0 radical (unpaired) electrons. The Labute approximate surface area is 84.7 Å². The summed E-state index contributed by atoms with van der Waals surface area (Å²) in [5.74, 6) is 1.73. The van der Waals surface area contributed by atoms with Crippen molar-refractivity contribution in [2.75, 3.05) is 24.5 Å². The van der Waals surface area contributed by atoms with E-state index in [1.54, 1.807) is 0 Å². The van der Waals surface area contributed by atoms with Crippen molar-refractivity contribution in [2.45, 2.75) is 12.8 Å². The van der Waals surface area contributed by atoms with Crippen LogP contribution in [0.2, 0.25) is 0 Å². The zero-order chi connectivity index (χ0) is 9.97. The first-order valence-corrected chi connectivity index (χ1v) is 5.24. The Bertz CT molecular complexity index is 294. The van der Waals surface area contributed by atoms with Crippen LogP contribution in [0.25, 0.3) is 0 Å². The predicted molar refractivity (Wildman–Crippen MR) is 57.2 cm³/mol. The van der Waals surface area contributed by atoms with E-state index < -0.39 is 0 Å². The van der Waals surface area contributed by atoms with Crippen molar-refractivity contribution in [3.05, 3.63) is 12.3 Å². The van der Waals surface area contributed by atoms with E-state index in [0.717, 1.165) is 25.5 Å². The topological polar surface area (TPSA) is 47.1 Å². The SMILES string of the molecule is Cn1ccc(N2CCCC(CN)C2)n1. The number of nitrogens with two attached hydrogens (primary N) is 1. The quantitative estimate of drug-likeness (QED) is 0.749. The minimum absolute atomic E-state index is 0.644. The van der Waals surface area contributed by atoms with Gasteiger partial charge in [0.2, 0.25) is 0 Å². The molecule has 2 heterocycles. The lowest BCUT2D eigenvalue weighted by molar-refractivity contribution is 0.421. The van der Waals surface area contributed by atoms with E-state index in [1.165, 1.54) is 12.8 Å². The first-order chi connectivity index (χ1) is 6.79. The van der Waals surface area contributed by atoms with E-state index in [-0.39, 0.29) is 0 Å². The number of piperidine rings is 1. The molecule has 0 amide bonds. The molecule has 0 aliphatic carbocycles. The van der Waals surface area contributed by atoms with Gasteiger partial charge in [-0.25, -0.2) is 0 Å². The largest absolute Gasteiger partial charge is 0.355 e. The van der Waals surface area contributed by atoms with Crippen molar-refractivity contribution in [1.29, 1.82) is 0 Å². The molecule has 1 atom stereocenters. The van der Waals surface area contributed by atoms with E-state index in [0.29, 0.717) is 5.92 Å². The van der Waals surface area contributed by atoms with Gasteiger partial charge in [-0.3, -0.25) is 4.68 Å². The fourth-order valence-electron chi connectivity index (χ4n) is 2.04. The summed E-state index contributed by atoms with van der Waals surface area (Å²) in [6, 6.07) is 2.07. The highest BCUT2D eigenvalue weighted by molar-refractivity contribution is 5.37. The third-order valence-corrected chi connectivity index (χ3v) is 2.88. The summed E-state index contributed by atoms with van der Waals surface area (Å²) in [7, 11) is 1.95. The van der Waals surface area contributed by atoms with E-state index in [4.69, 9.17) is 5.73 Å². The van der Waals surface area contributed by atoms with E-state index in [2.05, 4.69) is 16.1 Å². The second kappa shape index (κ2) is 4.00. The van der Waals surface area contributed by atoms with Crippen LogP contribution >= 0.6 is 0 Å². The number of anilines is 1. The van der Waals surface area contributed by atoms with Crippen molar-refractivity contribution in [3.63, 3.8) is 0 Å². The molecule has 2 rings (SSSR count). The Balaban J connectivity index is 2.04. The number of aryl methyl sites for hydroxylation is 1. The minimum atomic E-state index is 0.644. The fraction of sp³-hybridized carbons (Fsp3) is 0.700. The maximum Gasteiger partial charge on any atom is 0.150 e. The molecule has 0 spiro atoms. The van der Waals surface area contributed by atoms with Gasteiger partial charge in [0.15, 0.2) is 5.82 Å². The molecule has 0 aromatic carbocycles. The molecule has 1 aliphatic rings. The third kappa shape index (κ3) is 1.90. The molecule has 2 N–H and O–H groups in total. The maximum atomic E-state index is 5.70. The predicted octanol–water partition coefficient (Wildman–Crippen LogP) is 0.595. The molecular weight excluding hydrogens is 176 g/mol. The first-order valence-electron chi connectivity index (χ1n) is 5.24. The zero-order valence-electron chi connectivity index (χ0n) is 8.69. The number of nitrogens with zero attached hydrogens (tertiary/aromatic N) is 3. The van der Waals surface area contributed by atoms with Crippen LogP contribution in [0.4, 0.5) is 5.82 Å². The van der Waals surface area contributed by atoms with Gasteiger partial charge < -0.3 is 10.6 Å². The maximum absolute atomic E-state index is 5.70. The van der Waals surface area contributed by atoms with Gasteiger partial charge in [-0.15, -0.1) is 0 Å². The molecule has 78 valence electrons. The minimum Gasteiger partial charge on any atom is -0.355 e. The van der Waals surface area contributed by atoms with Gasteiger partial charge in [0, 0.05) is 32.4 Å². The summed E-state index contributed by atoms with van der Waals surface area (Å²) >= 11 is 0. The van der Waals surface area contributed by atoms with Crippen LogP contribution in [0.5, 0.6) is 0 Å². The Morgan fingerprint density at radius 2 is 2.50 bits per heavy atom. The monoisotopic (exact) mass is 194 g/mol. The number of rotatable bonds is 2. The Hall–Kier alpha value is -1.03. The van der Waals surface area contributed by atoms with Crippen molar-refractivity contribution >= 4 is 5.82 Å².